The molecule has 2 aromatic heterocycles. The number of rotatable bonds is 6. The predicted molar refractivity (Wildman–Crippen MR) is 104 cm³/mol. The first-order valence-electron chi connectivity index (χ1n) is 8.73. The van der Waals surface area contributed by atoms with Gasteiger partial charge >= 0.3 is 0 Å². The van der Waals surface area contributed by atoms with Crippen molar-refractivity contribution in [1.29, 1.82) is 0 Å². The van der Waals surface area contributed by atoms with E-state index >= 15 is 0 Å². The number of nitrogens with zero attached hydrogens (tertiary/aromatic N) is 4. The molecule has 5 heteroatoms. The Morgan fingerprint density at radius 1 is 0.920 bits per heavy atom. The van der Waals surface area contributed by atoms with Crippen molar-refractivity contribution in [3.63, 3.8) is 0 Å². The molecule has 0 amide bonds. The maximum Gasteiger partial charge on any atom is 0.160 e. The van der Waals surface area contributed by atoms with Crippen LogP contribution < -0.4 is 5.32 Å². The quantitative estimate of drug-likeness (QED) is 0.551. The molecule has 128 valence electrons. The van der Waals surface area contributed by atoms with Crippen LogP contribution in [0.25, 0.3) is 33.1 Å². The lowest BCUT2D eigenvalue weighted by Gasteiger charge is -2.11. The standard InChI is InChI=1S/C20H23N5/c1-24(2)13-11-21-12-14-25-18-10-6-3-7-15(18)19-20(25)23-17-9-5-4-8-16(17)22-19/h3-10,21H,11-14H2,1-2H3. The van der Waals surface area contributed by atoms with Gasteiger partial charge in [0, 0.05) is 31.6 Å². The van der Waals surface area contributed by atoms with E-state index in [0.29, 0.717) is 0 Å². The molecule has 4 rings (SSSR count). The van der Waals surface area contributed by atoms with Crippen molar-refractivity contribution >= 4 is 33.1 Å². The molecule has 0 saturated heterocycles. The Bertz CT molecular complexity index is 1020. The molecule has 0 radical (unpaired) electrons. The Hall–Kier alpha value is -2.50. The smallest absolute Gasteiger partial charge is 0.160 e. The van der Waals surface area contributed by atoms with Crippen LogP contribution in [-0.4, -0.2) is 53.2 Å². The van der Waals surface area contributed by atoms with Gasteiger partial charge in [0.2, 0.25) is 0 Å². The van der Waals surface area contributed by atoms with Crippen molar-refractivity contribution in [2.24, 2.45) is 0 Å². The lowest BCUT2D eigenvalue weighted by Crippen LogP contribution is -2.28. The van der Waals surface area contributed by atoms with Gasteiger partial charge in [-0.05, 0) is 32.3 Å². The third-order valence-electron chi connectivity index (χ3n) is 4.51. The molecule has 2 aromatic carbocycles. The van der Waals surface area contributed by atoms with Crippen LogP contribution in [-0.2, 0) is 6.54 Å². The molecule has 0 spiro atoms. The summed E-state index contributed by atoms with van der Waals surface area (Å²) in [6.07, 6.45) is 0. The molecule has 25 heavy (non-hydrogen) atoms. The fourth-order valence-electron chi connectivity index (χ4n) is 3.23. The van der Waals surface area contributed by atoms with Crippen LogP contribution in [0.4, 0.5) is 0 Å². The first-order chi connectivity index (χ1) is 12.2. The largest absolute Gasteiger partial charge is 0.323 e. The van der Waals surface area contributed by atoms with E-state index < -0.39 is 0 Å². The van der Waals surface area contributed by atoms with Gasteiger partial charge in [0.05, 0.1) is 16.6 Å². The summed E-state index contributed by atoms with van der Waals surface area (Å²) >= 11 is 0. The van der Waals surface area contributed by atoms with Gasteiger partial charge in [-0.3, -0.25) is 0 Å². The monoisotopic (exact) mass is 333 g/mol. The zero-order valence-electron chi connectivity index (χ0n) is 14.7. The van der Waals surface area contributed by atoms with Gasteiger partial charge in [0.25, 0.3) is 0 Å². The number of likely N-dealkylation sites (N-methyl/N-ethyl adjacent to an activating group) is 1. The Kier molecular flexibility index (Phi) is 4.34. The Balaban J connectivity index is 1.74. The van der Waals surface area contributed by atoms with E-state index in [1.54, 1.807) is 0 Å². The van der Waals surface area contributed by atoms with Crippen molar-refractivity contribution in [2.75, 3.05) is 33.7 Å². The van der Waals surface area contributed by atoms with Crippen LogP contribution in [0.3, 0.4) is 0 Å². The van der Waals surface area contributed by atoms with E-state index in [1.807, 2.05) is 24.3 Å². The summed E-state index contributed by atoms with van der Waals surface area (Å²) in [7, 11) is 4.19. The fourth-order valence-corrected chi connectivity index (χ4v) is 3.23. The summed E-state index contributed by atoms with van der Waals surface area (Å²) in [5.41, 5.74) is 5.04. The van der Waals surface area contributed by atoms with Gasteiger partial charge in [-0.1, -0.05) is 30.3 Å². The van der Waals surface area contributed by atoms with E-state index in [1.165, 1.54) is 10.9 Å². The topological polar surface area (TPSA) is 46.0 Å². The zero-order valence-corrected chi connectivity index (χ0v) is 14.7. The van der Waals surface area contributed by atoms with Crippen molar-refractivity contribution in [1.82, 2.24) is 24.8 Å². The van der Waals surface area contributed by atoms with Crippen LogP contribution in [0, 0.1) is 0 Å². The molecule has 5 nitrogen and oxygen atoms in total. The fraction of sp³-hybridized carbons (Fsp3) is 0.300. The van der Waals surface area contributed by atoms with E-state index in [9.17, 15) is 0 Å². The Morgan fingerprint density at radius 2 is 1.64 bits per heavy atom. The third-order valence-corrected chi connectivity index (χ3v) is 4.51. The molecule has 0 saturated carbocycles. The molecular weight excluding hydrogens is 310 g/mol. The summed E-state index contributed by atoms with van der Waals surface area (Å²) in [4.78, 5) is 12.0. The minimum Gasteiger partial charge on any atom is -0.323 e. The van der Waals surface area contributed by atoms with Crippen LogP contribution >= 0.6 is 0 Å². The SMILES string of the molecule is CN(C)CCNCCn1c2ccccc2c2nc3ccccc3nc21. The number of nitrogens with one attached hydrogen (secondary N) is 1. The summed E-state index contributed by atoms with van der Waals surface area (Å²) in [6, 6.07) is 16.5. The van der Waals surface area contributed by atoms with Crippen molar-refractivity contribution in [2.45, 2.75) is 6.54 Å². The van der Waals surface area contributed by atoms with Gasteiger partial charge in [-0.15, -0.1) is 0 Å². The van der Waals surface area contributed by atoms with Crippen LogP contribution in [0.1, 0.15) is 0 Å². The second kappa shape index (κ2) is 6.78. The molecule has 0 atom stereocenters. The Labute approximate surface area is 147 Å². The van der Waals surface area contributed by atoms with Crippen LogP contribution in [0.2, 0.25) is 0 Å². The molecule has 1 N–H and O–H groups in total. The van der Waals surface area contributed by atoms with Crippen LogP contribution in [0.15, 0.2) is 48.5 Å². The van der Waals surface area contributed by atoms with Crippen LogP contribution in [0.5, 0.6) is 0 Å². The molecule has 4 aromatic rings. The molecule has 0 bridgehead atoms. The highest BCUT2D eigenvalue weighted by molar-refractivity contribution is 6.06. The number of aromatic nitrogens is 3. The maximum atomic E-state index is 4.91. The van der Waals surface area contributed by atoms with E-state index in [-0.39, 0.29) is 0 Å². The van der Waals surface area contributed by atoms with Crippen molar-refractivity contribution in [3.8, 4) is 0 Å². The minimum atomic E-state index is 0.879. The number of hydrogen-bond acceptors (Lipinski definition) is 4. The lowest BCUT2D eigenvalue weighted by atomic mass is 10.2. The summed E-state index contributed by atoms with van der Waals surface area (Å²) in [6.45, 7) is 3.82. The van der Waals surface area contributed by atoms with Crippen molar-refractivity contribution < 1.29 is 0 Å². The normalized spacial score (nSPS) is 12.0. The Morgan fingerprint density at radius 3 is 2.44 bits per heavy atom. The van der Waals surface area contributed by atoms with Crippen molar-refractivity contribution in [3.05, 3.63) is 48.5 Å². The minimum absolute atomic E-state index is 0.879. The van der Waals surface area contributed by atoms with Gasteiger partial charge < -0.3 is 14.8 Å². The third kappa shape index (κ3) is 3.08. The summed E-state index contributed by atoms with van der Waals surface area (Å²) < 4.78 is 2.28. The summed E-state index contributed by atoms with van der Waals surface area (Å²) in [5.74, 6) is 0. The molecule has 0 aliphatic rings. The highest BCUT2D eigenvalue weighted by Crippen LogP contribution is 2.27. The van der Waals surface area contributed by atoms with E-state index in [2.05, 4.69) is 53.1 Å². The average molecular weight is 333 g/mol. The first kappa shape index (κ1) is 16.0. The second-order valence-corrected chi connectivity index (χ2v) is 6.61. The second-order valence-electron chi connectivity index (χ2n) is 6.61. The molecule has 0 unspecified atom stereocenters. The predicted octanol–water partition coefficient (Wildman–Crippen LogP) is 2.89. The molecule has 0 fully saturated rings. The summed E-state index contributed by atoms with van der Waals surface area (Å²) in [5, 5.41) is 4.68. The number of fused-ring (bicyclic) bond motifs is 4. The molecule has 2 heterocycles. The molecule has 0 aliphatic carbocycles. The molecule has 0 aliphatic heterocycles. The van der Waals surface area contributed by atoms with Gasteiger partial charge in [-0.2, -0.15) is 0 Å². The van der Waals surface area contributed by atoms with Gasteiger partial charge in [0.15, 0.2) is 5.65 Å². The van der Waals surface area contributed by atoms with E-state index in [4.69, 9.17) is 9.97 Å². The average Bonchev–Trinajstić information content (AvgIpc) is 2.93. The highest BCUT2D eigenvalue weighted by Gasteiger charge is 2.13. The maximum absolute atomic E-state index is 4.91. The zero-order chi connectivity index (χ0) is 17.2. The first-order valence-corrected chi connectivity index (χ1v) is 8.73. The number of benzene rings is 2. The van der Waals surface area contributed by atoms with Gasteiger partial charge in [-0.25, -0.2) is 9.97 Å². The van der Waals surface area contributed by atoms with Gasteiger partial charge in [0.1, 0.15) is 5.52 Å². The lowest BCUT2D eigenvalue weighted by molar-refractivity contribution is 0.398. The number of para-hydroxylation sites is 3. The van der Waals surface area contributed by atoms with E-state index in [0.717, 1.165) is 48.4 Å². The molecular formula is C20H23N5. The number of hydrogen-bond donors (Lipinski definition) is 1. The highest BCUT2D eigenvalue weighted by atomic mass is 15.1.